The Bertz CT molecular complexity index is 75.6. The first-order valence-corrected chi connectivity index (χ1v) is 4.67. The van der Waals surface area contributed by atoms with Gasteiger partial charge in [-0.25, -0.2) is 0 Å². The summed E-state index contributed by atoms with van der Waals surface area (Å²) in [7, 11) is 4.25. The molecule has 1 N–H and O–H groups in total. The lowest BCUT2D eigenvalue weighted by Crippen LogP contribution is -2.33. The summed E-state index contributed by atoms with van der Waals surface area (Å²) in [5.41, 5.74) is 0. The molecule has 0 bridgehead atoms. The minimum Gasteiger partial charge on any atom is -0.313 e. The topological polar surface area (TPSA) is 15.3 Å². The van der Waals surface area contributed by atoms with Gasteiger partial charge in [-0.2, -0.15) is 0 Å². The molecular formula is C9H22N2. The van der Waals surface area contributed by atoms with Crippen molar-refractivity contribution in [2.45, 2.75) is 32.7 Å². The Morgan fingerprint density at radius 1 is 1.36 bits per heavy atom. The first kappa shape index (κ1) is 10.9. The van der Waals surface area contributed by atoms with E-state index in [1.165, 1.54) is 25.9 Å². The molecule has 0 radical (unpaired) electrons. The highest BCUT2D eigenvalue weighted by molar-refractivity contribution is 4.75. The first-order valence-electron chi connectivity index (χ1n) is 4.67. The molecule has 0 amide bonds. The van der Waals surface area contributed by atoms with Crippen LogP contribution < -0.4 is 5.32 Å². The quantitative estimate of drug-likeness (QED) is 0.652. The molecule has 0 aromatic heterocycles. The molecule has 68 valence electrons. The molecule has 0 aromatic rings. The average molecular weight is 158 g/mol. The third-order valence-electron chi connectivity index (χ3n) is 1.75. The van der Waals surface area contributed by atoms with Crippen LogP contribution in [-0.4, -0.2) is 38.1 Å². The highest BCUT2D eigenvalue weighted by Crippen LogP contribution is 2.04. The van der Waals surface area contributed by atoms with Crippen LogP contribution in [0.1, 0.15) is 26.7 Å². The monoisotopic (exact) mass is 158 g/mol. The van der Waals surface area contributed by atoms with E-state index in [0.717, 1.165) is 6.04 Å². The number of nitrogens with zero attached hydrogens (tertiary/aromatic N) is 1. The molecule has 11 heavy (non-hydrogen) atoms. The van der Waals surface area contributed by atoms with Gasteiger partial charge in [0.2, 0.25) is 0 Å². The van der Waals surface area contributed by atoms with Gasteiger partial charge >= 0.3 is 0 Å². The normalized spacial score (nSPS) is 23.2. The molecule has 1 saturated heterocycles. The van der Waals surface area contributed by atoms with E-state index in [4.69, 9.17) is 0 Å². The summed E-state index contributed by atoms with van der Waals surface area (Å²) in [6.45, 7) is 6.42. The van der Waals surface area contributed by atoms with Crippen LogP contribution in [0, 0.1) is 0 Å². The van der Waals surface area contributed by atoms with Gasteiger partial charge in [-0.15, -0.1) is 0 Å². The maximum Gasteiger partial charge on any atom is 0.0195 e. The lowest BCUT2D eigenvalue weighted by molar-refractivity contribution is 0.357. The second-order valence-electron chi connectivity index (χ2n) is 3.06. The molecule has 0 saturated carbocycles. The summed E-state index contributed by atoms with van der Waals surface area (Å²) >= 11 is 0. The maximum absolute atomic E-state index is 3.45. The molecule has 0 unspecified atom stereocenters. The first-order chi connectivity index (χ1) is 5.29. The molecule has 1 heterocycles. The summed E-state index contributed by atoms with van der Waals surface area (Å²) in [6, 6.07) is 0.764. The summed E-state index contributed by atoms with van der Waals surface area (Å²) in [4.78, 5) is 2.24. The Hall–Kier alpha value is -0.0800. The van der Waals surface area contributed by atoms with Gasteiger partial charge < -0.3 is 10.2 Å². The largest absolute Gasteiger partial charge is 0.313 e. The Balaban J connectivity index is 0.000000461. The van der Waals surface area contributed by atoms with Crippen LogP contribution in [0.15, 0.2) is 0 Å². The van der Waals surface area contributed by atoms with Gasteiger partial charge in [0.05, 0.1) is 0 Å². The van der Waals surface area contributed by atoms with Gasteiger partial charge in [0.25, 0.3) is 0 Å². The van der Waals surface area contributed by atoms with Gasteiger partial charge in [0.1, 0.15) is 0 Å². The van der Waals surface area contributed by atoms with Crippen LogP contribution in [0.4, 0.5) is 0 Å². The molecule has 0 aliphatic carbocycles. The van der Waals surface area contributed by atoms with Crippen LogP contribution in [-0.2, 0) is 0 Å². The standard InChI is InChI=1S/C7H16N2.C2H6/c1-9(2)6-7-4-3-5-8-7;1-2/h7-8H,3-6H2,1-2H3;1-2H3/t7-;/m0./s1. The number of nitrogens with one attached hydrogen (secondary N) is 1. The highest BCUT2D eigenvalue weighted by Gasteiger charge is 2.13. The zero-order chi connectivity index (χ0) is 8.69. The molecular weight excluding hydrogens is 136 g/mol. The number of likely N-dealkylation sites (N-methyl/N-ethyl adjacent to an activating group) is 1. The number of rotatable bonds is 2. The fourth-order valence-electron chi connectivity index (χ4n) is 1.35. The number of hydrogen-bond donors (Lipinski definition) is 1. The van der Waals surface area contributed by atoms with Crippen molar-refractivity contribution in [3.63, 3.8) is 0 Å². The maximum atomic E-state index is 3.45. The smallest absolute Gasteiger partial charge is 0.0195 e. The van der Waals surface area contributed by atoms with E-state index in [1.54, 1.807) is 0 Å². The lowest BCUT2D eigenvalue weighted by atomic mass is 10.2. The second kappa shape index (κ2) is 6.62. The minimum absolute atomic E-state index is 0.764. The summed E-state index contributed by atoms with van der Waals surface area (Å²) < 4.78 is 0. The Morgan fingerprint density at radius 2 is 2.00 bits per heavy atom. The van der Waals surface area contributed by atoms with Crippen LogP contribution in [0.5, 0.6) is 0 Å². The summed E-state index contributed by atoms with van der Waals surface area (Å²) in [6.07, 6.45) is 2.72. The SMILES string of the molecule is CC.CN(C)C[C@@H]1CCCN1. The van der Waals surface area contributed by atoms with Crippen molar-refractivity contribution in [1.82, 2.24) is 10.2 Å². The third-order valence-corrected chi connectivity index (χ3v) is 1.75. The van der Waals surface area contributed by atoms with Gasteiger partial charge in [0.15, 0.2) is 0 Å². The van der Waals surface area contributed by atoms with Gasteiger partial charge in [0, 0.05) is 12.6 Å². The van der Waals surface area contributed by atoms with Crippen molar-refractivity contribution in [2.24, 2.45) is 0 Å². The predicted molar refractivity (Wildman–Crippen MR) is 50.9 cm³/mol. The second-order valence-corrected chi connectivity index (χ2v) is 3.06. The van der Waals surface area contributed by atoms with Crippen LogP contribution in [0.3, 0.4) is 0 Å². The van der Waals surface area contributed by atoms with Crippen LogP contribution in [0.25, 0.3) is 0 Å². The minimum atomic E-state index is 0.764. The van der Waals surface area contributed by atoms with E-state index < -0.39 is 0 Å². The van der Waals surface area contributed by atoms with Crippen molar-refractivity contribution in [1.29, 1.82) is 0 Å². The van der Waals surface area contributed by atoms with E-state index >= 15 is 0 Å². The molecule has 0 spiro atoms. The average Bonchev–Trinajstić information content (AvgIpc) is 2.43. The lowest BCUT2D eigenvalue weighted by Gasteiger charge is -2.15. The number of hydrogen-bond acceptors (Lipinski definition) is 2. The fraction of sp³-hybridized carbons (Fsp3) is 1.00. The Labute approximate surface area is 71.0 Å². The fourth-order valence-corrected chi connectivity index (χ4v) is 1.35. The predicted octanol–water partition coefficient (Wildman–Crippen LogP) is 1.33. The van der Waals surface area contributed by atoms with Crippen molar-refractivity contribution < 1.29 is 0 Å². The summed E-state index contributed by atoms with van der Waals surface area (Å²) in [5, 5.41) is 3.45. The molecule has 1 atom stereocenters. The van der Waals surface area contributed by atoms with E-state index in [0.29, 0.717) is 0 Å². The van der Waals surface area contributed by atoms with E-state index in [9.17, 15) is 0 Å². The molecule has 1 aliphatic rings. The van der Waals surface area contributed by atoms with Gasteiger partial charge in [-0.3, -0.25) is 0 Å². The van der Waals surface area contributed by atoms with Gasteiger partial charge in [-0.05, 0) is 33.5 Å². The van der Waals surface area contributed by atoms with Gasteiger partial charge in [-0.1, -0.05) is 13.8 Å². The molecule has 1 aliphatic heterocycles. The van der Waals surface area contributed by atoms with Crippen molar-refractivity contribution >= 4 is 0 Å². The Morgan fingerprint density at radius 3 is 2.36 bits per heavy atom. The van der Waals surface area contributed by atoms with Crippen LogP contribution in [0.2, 0.25) is 0 Å². The molecule has 1 rings (SSSR count). The molecule has 2 nitrogen and oxygen atoms in total. The van der Waals surface area contributed by atoms with Crippen molar-refractivity contribution in [2.75, 3.05) is 27.2 Å². The third kappa shape index (κ3) is 5.22. The van der Waals surface area contributed by atoms with Crippen LogP contribution >= 0.6 is 0 Å². The Kier molecular flexibility index (Phi) is 6.57. The van der Waals surface area contributed by atoms with Crippen molar-refractivity contribution in [3.8, 4) is 0 Å². The zero-order valence-electron chi connectivity index (χ0n) is 8.35. The molecule has 1 fully saturated rings. The summed E-state index contributed by atoms with van der Waals surface area (Å²) in [5.74, 6) is 0. The van der Waals surface area contributed by atoms with E-state index in [1.807, 2.05) is 13.8 Å². The molecule has 2 heteroatoms. The van der Waals surface area contributed by atoms with Crippen molar-refractivity contribution in [3.05, 3.63) is 0 Å². The highest BCUT2D eigenvalue weighted by atomic mass is 15.1. The van der Waals surface area contributed by atoms with E-state index in [2.05, 4.69) is 24.3 Å². The zero-order valence-corrected chi connectivity index (χ0v) is 8.35. The van der Waals surface area contributed by atoms with E-state index in [-0.39, 0.29) is 0 Å². The molecule has 0 aromatic carbocycles.